The summed E-state index contributed by atoms with van der Waals surface area (Å²) in [6.07, 6.45) is 7.39. The summed E-state index contributed by atoms with van der Waals surface area (Å²) in [6.45, 7) is 0. The molecule has 0 aliphatic carbocycles. The van der Waals surface area contributed by atoms with Gasteiger partial charge in [-0.2, -0.15) is 0 Å². The fourth-order valence-corrected chi connectivity index (χ4v) is 11.8. The van der Waals surface area contributed by atoms with E-state index < -0.39 is 0 Å². The third kappa shape index (κ3) is 8.69. The zero-order chi connectivity index (χ0) is 53.6. The number of benzene rings is 10. The summed E-state index contributed by atoms with van der Waals surface area (Å²) in [5.41, 5.74) is 20.9. The Morgan fingerprint density at radius 2 is 0.481 bits per heavy atom. The summed E-state index contributed by atoms with van der Waals surface area (Å²) in [4.78, 5) is 16.9. The predicted octanol–water partition coefficient (Wildman–Crippen LogP) is 19.5. The zero-order valence-corrected chi connectivity index (χ0v) is 44.1. The molecule has 81 heavy (non-hydrogen) atoms. The van der Waals surface area contributed by atoms with Crippen molar-refractivity contribution in [3.63, 3.8) is 0 Å². The van der Waals surface area contributed by atoms with Gasteiger partial charge in [0.25, 0.3) is 0 Å². The molecular formula is C75H50N6. The molecule has 0 atom stereocenters. The number of pyridine rings is 3. The number of nitrogens with zero attached hydrogens (tertiary/aromatic N) is 6. The van der Waals surface area contributed by atoms with E-state index in [9.17, 15) is 0 Å². The lowest BCUT2D eigenvalue weighted by Crippen LogP contribution is -2.13. The molecule has 5 aromatic heterocycles. The first-order valence-electron chi connectivity index (χ1n) is 27.4. The number of hydrogen-bond donors (Lipinski definition) is 0. The van der Waals surface area contributed by atoms with Gasteiger partial charge in [-0.3, -0.25) is 19.1 Å². The highest BCUT2D eigenvalue weighted by Crippen LogP contribution is 2.44. The van der Waals surface area contributed by atoms with E-state index in [0.29, 0.717) is 0 Å². The molecular weight excluding hydrogens is 985 g/mol. The Balaban J connectivity index is 1.02. The fraction of sp³-hybridized carbons (Fsp3) is 0. The molecule has 6 nitrogen and oxygen atoms in total. The molecule has 15 rings (SSSR count). The minimum atomic E-state index is 0.783. The summed E-state index contributed by atoms with van der Waals surface area (Å²) in [5.74, 6) is 1.57. The number of anilines is 3. The Labute approximate surface area is 469 Å². The van der Waals surface area contributed by atoms with Crippen molar-refractivity contribution in [1.82, 2.24) is 24.1 Å². The molecule has 10 aromatic carbocycles. The van der Waals surface area contributed by atoms with Gasteiger partial charge in [-0.05, 0) is 164 Å². The summed E-state index contributed by atoms with van der Waals surface area (Å²) < 4.78 is 4.74. The third-order valence-electron chi connectivity index (χ3n) is 15.7. The Bertz CT molecular complexity index is 4260. The summed E-state index contributed by atoms with van der Waals surface area (Å²) in [5, 5.41) is 4.58. The summed E-state index contributed by atoms with van der Waals surface area (Å²) in [7, 11) is 0. The molecule has 0 spiro atoms. The number of aromatic nitrogens is 5. The lowest BCUT2D eigenvalue weighted by Gasteiger charge is -2.27. The minimum absolute atomic E-state index is 0.783. The largest absolute Gasteiger partial charge is 0.310 e. The van der Waals surface area contributed by atoms with Crippen LogP contribution in [0.2, 0.25) is 0 Å². The minimum Gasteiger partial charge on any atom is -0.310 e. The van der Waals surface area contributed by atoms with E-state index in [1.807, 2.05) is 24.8 Å². The first-order chi connectivity index (χ1) is 40.1. The van der Waals surface area contributed by atoms with Crippen molar-refractivity contribution in [2.75, 3.05) is 4.90 Å². The predicted molar refractivity (Wildman–Crippen MR) is 336 cm³/mol. The van der Waals surface area contributed by atoms with E-state index in [1.54, 1.807) is 0 Å². The van der Waals surface area contributed by atoms with E-state index in [2.05, 4.69) is 303 Å². The molecule has 0 radical (unpaired) electrons. The summed E-state index contributed by atoms with van der Waals surface area (Å²) >= 11 is 0. The van der Waals surface area contributed by atoms with Gasteiger partial charge in [0.15, 0.2) is 0 Å². The molecule has 0 bridgehead atoms. The van der Waals surface area contributed by atoms with Gasteiger partial charge in [0.05, 0.1) is 27.8 Å². The summed E-state index contributed by atoms with van der Waals surface area (Å²) in [6, 6.07) is 101. The molecule has 0 N–H and O–H groups in total. The van der Waals surface area contributed by atoms with E-state index in [0.717, 1.165) is 117 Å². The van der Waals surface area contributed by atoms with Gasteiger partial charge < -0.3 is 4.90 Å². The zero-order valence-electron chi connectivity index (χ0n) is 44.1. The van der Waals surface area contributed by atoms with Crippen LogP contribution in [-0.2, 0) is 0 Å². The topological polar surface area (TPSA) is 51.8 Å². The van der Waals surface area contributed by atoms with Gasteiger partial charge in [-0.15, -0.1) is 0 Å². The monoisotopic (exact) mass is 1030 g/mol. The van der Waals surface area contributed by atoms with Gasteiger partial charge in [0, 0.05) is 69.8 Å². The van der Waals surface area contributed by atoms with E-state index >= 15 is 0 Å². The average Bonchev–Trinajstić information content (AvgIpc) is 3.75. The highest BCUT2D eigenvalue weighted by molar-refractivity contribution is 6.13. The van der Waals surface area contributed by atoms with Crippen LogP contribution in [0.4, 0.5) is 17.1 Å². The van der Waals surface area contributed by atoms with Gasteiger partial charge in [0.2, 0.25) is 0 Å². The average molecular weight is 1040 g/mol. The van der Waals surface area contributed by atoms with Crippen molar-refractivity contribution < 1.29 is 0 Å². The number of fused-ring (bicyclic) bond motifs is 6. The maximum absolute atomic E-state index is 5.91. The number of hydrogen-bond acceptors (Lipinski definition) is 4. The molecule has 0 fully saturated rings. The third-order valence-corrected chi connectivity index (χ3v) is 15.7. The fourth-order valence-electron chi connectivity index (χ4n) is 11.8. The second kappa shape index (κ2) is 20.1. The van der Waals surface area contributed by atoms with E-state index in [1.165, 1.54) is 22.3 Å². The maximum Gasteiger partial charge on any atom is 0.142 e. The smallest absolute Gasteiger partial charge is 0.142 e. The maximum atomic E-state index is 5.91. The van der Waals surface area contributed by atoms with Crippen LogP contribution >= 0.6 is 0 Å². The molecule has 380 valence electrons. The molecule has 0 saturated carbocycles. The first-order valence-corrected chi connectivity index (χ1v) is 27.4. The van der Waals surface area contributed by atoms with Gasteiger partial charge in [-0.1, -0.05) is 170 Å². The van der Waals surface area contributed by atoms with Gasteiger partial charge >= 0.3 is 0 Å². The van der Waals surface area contributed by atoms with Crippen LogP contribution in [0.3, 0.4) is 0 Å². The molecule has 0 aliphatic heterocycles. The molecule has 6 heteroatoms. The Hall–Kier alpha value is -11.0. The second-order valence-electron chi connectivity index (χ2n) is 20.5. The van der Waals surface area contributed by atoms with Gasteiger partial charge in [-0.25, -0.2) is 4.98 Å². The van der Waals surface area contributed by atoms with Crippen LogP contribution in [0.15, 0.2) is 304 Å². The quantitative estimate of drug-likeness (QED) is 0.130. The van der Waals surface area contributed by atoms with Crippen LogP contribution < -0.4 is 4.90 Å². The number of rotatable bonds is 11. The molecule has 0 aliphatic rings. The van der Waals surface area contributed by atoms with Crippen molar-refractivity contribution in [3.8, 4) is 78.4 Å². The van der Waals surface area contributed by atoms with E-state index in [-0.39, 0.29) is 0 Å². The lowest BCUT2D eigenvalue weighted by atomic mass is 10.0. The van der Waals surface area contributed by atoms with Crippen molar-refractivity contribution in [2.24, 2.45) is 0 Å². The van der Waals surface area contributed by atoms with Crippen LogP contribution in [0.25, 0.3) is 122 Å². The molecule has 0 saturated heterocycles. The lowest BCUT2D eigenvalue weighted by molar-refractivity contribution is 1.01. The molecule has 15 aromatic rings. The Morgan fingerprint density at radius 1 is 0.222 bits per heavy atom. The first kappa shape index (κ1) is 47.3. The van der Waals surface area contributed by atoms with Crippen molar-refractivity contribution >= 4 is 60.7 Å². The van der Waals surface area contributed by atoms with Crippen molar-refractivity contribution in [1.29, 1.82) is 0 Å². The van der Waals surface area contributed by atoms with Crippen LogP contribution in [0.1, 0.15) is 0 Å². The standard InChI is InChI=1S/C75H50N6/c1-5-13-51(14-6-1)59-25-33-70-66(45-59)67-46-60(52-15-7-2-8-16-52)26-34-71(67)80(70)74-49-65(79(63-29-21-55(22-30-63)57-37-41-76-42-38-57)64-31-23-56(24-32-64)58-39-43-77-44-40-58)50-75(78-74)81-72-35-27-61(53-17-9-3-10-18-53)47-68(72)69-48-62(28-36-73(69)81)54-19-11-4-12-20-54/h1-50H. The van der Waals surface area contributed by atoms with Crippen molar-refractivity contribution in [2.45, 2.75) is 0 Å². The second-order valence-corrected chi connectivity index (χ2v) is 20.5. The normalized spacial score (nSPS) is 11.5. The highest BCUT2D eigenvalue weighted by Gasteiger charge is 2.23. The van der Waals surface area contributed by atoms with Crippen LogP contribution in [-0.4, -0.2) is 24.1 Å². The molecule has 0 unspecified atom stereocenters. The van der Waals surface area contributed by atoms with Crippen LogP contribution in [0, 0.1) is 0 Å². The van der Waals surface area contributed by atoms with Crippen LogP contribution in [0.5, 0.6) is 0 Å². The Kier molecular flexibility index (Phi) is 11.7. The molecule has 0 amide bonds. The Morgan fingerprint density at radius 3 is 0.778 bits per heavy atom. The SMILES string of the molecule is c1ccc(-c2ccc3c(c2)c2cc(-c4ccccc4)ccc2n3-c2cc(N(c3ccc(-c4ccncc4)cc3)c3ccc(-c4ccncc4)cc3)cc(-n3c4ccc(-c5ccccc5)cc4c4cc(-c5ccccc5)ccc43)n2)cc1. The van der Waals surface area contributed by atoms with E-state index in [4.69, 9.17) is 4.98 Å². The van der Waals surface area contributed by atoms with Gasteiger partial charge in [0.1, 0.15) is 11.6 Å². The highest BCUT2D eigenvalue weighted by atomic mass is 15.2. The van der Waals surface area contributed by atoms with Crippen molar-refractivity contribution in [3.05, 3.63) is 304 Å². The molecule has 5 heterocycles.